The molecule has 19 heavy (non-hydrogen) atoms. The molecule has 3 N–H and O–H groups in total. The lowest BCUT2D eigenvalue weighted by Gasteiger charge is -2.19. The molecule has 0 spiro atoms. The molecular formula is C14H15N3S2. The summed E-state index contributed by atoms with van der Waals surface area (Å²) < 4.78 is 0. The van der Waals surface area contributed by atoms with Crippen molar-refractivity contribution in [2.24, 2.45) is 10.7 Å². The highest BCUT2D eigenvalue weighted by Crippen LogP contribution is 2.42. The molecule has 2 aromatic heterocycles. The maximum Gasteiger partial charge on any atom is 0.131 e. The summed E-state index contributed by atoms with van der Waals surface area (Å²) in [7, 11) is 0. The molecule has 5 heteroatoms. The first-order chi connectivity index (χ1) is 9.09. The van der Waals surface area contributed by atoms with Crippen LogP contribution in [0, 0.1) is 19.3 Å². The maximum absolute atomic E-state index is 8.15. The first-order valence-corrected chi connectivity index (χ1v) is 7.86. The zero-order valence-corrected chi connectivity index (χ0v) is 12.4. The zero-order valence-electron chi connectivity index (χ0n) is 10.8. The fourth-order valence-corrected chi connectivity index (χ4v) is 4.21. The molecule has 0 aromatic carbocycles. The van der Waals surface area contributed by atoms with Crippen LogP contribution in [0.4, 0.5) is 0 Å². The summed E-state index contributed by atoms with van der Waals surface area (Å²) in [5.41, 5.74) is 8.50. The van der Waals surface area contributed by atoms with Crippen molar-refractivity contribution in [3.8, 4) is 0 Å². The highest BCUT2D eigenvalue weighted by atomic mass is 32.1. The lowest BCUT2D eigenvalue weighted by molar-refractivity contribution is 0.818. The van der Waals surface area contributed by atoms with Gasteiger partial charge in [0.05, 0.1) is 11.8 Å². The number of aliphatic imine (C=N–C) groups is 1. The van der Waals surface area contributed by atoms with Crippen molar-refractivity contribution in [3.05, 3.63) is 43.8 Å². The van der Waals surface area contributed by atoms with Crippen LogP contribution in [0.2, 0.25) is 0 Å². The van der Waals surface area contributed by atoms with Crippen LogP contribution < -0.4 is 5.73 Å². The fourth-order valence-electron chi connectivity index (χ4n) is 2.71. The first-order valence-electron chi connectivity index (χ1n) is 6.10. The number of nitrogens with one attached hydrogen (secondary N) is 1. The Bertz CT molecular complexity index is 666. The summed E-state index contributed by atoms with van der Waals surface area (Å²) >= 11 is 3.43. The fraction of sp³-hybridized carbons (Fsp3) is 0.286. The smallest absolute Gasteiger partial charge is 0.131 e. The van der Waals surface area contributed by atoms with Crippen LogP contribution >= 0.6 is 22.7 Å². The zero-order chi connectivity index (χ0) is 13.6. The predicted octanol–water partition coefficient (Wildman–Crippen LogP) is 3.64. The highest BCUT2D eigenvalue weighted by molar-refractivity contribution is 7.10. The van der Waals surface area contributed by atoms with Gasteiger partial charge in [-0.3, -0.25) is 5.41 Å². The quantitative estimate of drug-likeness (QED) is 0.871. The Kier molecular flexibility index (Phi) is 3.03. The normalized spacial score (nSPS) is 22.8. The lowest BCUT2D eigenvalue weighted by atomic mass is 9.82. The maximum atomic E-state index is 8.15. The molecule has 0 amide bonds. The van der Waals surface area contributed by atoms with Gasteiger partial charge in [0, 0.05) is 9.75 Å². The number of hydrogen-bond acceptors (Lipinski definition) is 4. The van der Waals surface area contributed by atoms with E-state index in [9.17, 15) is 0 Å². The first kappa shape index (κ1) is 12.6. The van der Waals surface area contributed by atoms with E-state index >= 15 is 0 Å². The molecule has 0 saturated heterocycles. The lowest BCUT2D eigenvalue weighted by Crippen LogP contribution is -2.23. The molecule has 1 aliphatic heterocycles. The van der Waals surface area contributed by atoms with Crippen molar-refractivity contribution < 1.29 is 0 Å². The van der Waals surface area contributed by atoms with Crippen molar-refractivity contribution in [1.82, 2.24) is 0 Å². The van der Waals surface area contributed by atoms with Gasteiger partial charge in [-0.15, -0.1) is 22.7 Å². The molecule has 3 heterocycles. The van der Waals surface area contributed by atoms with Crippen LogP contribution in [0.1, 0.15) is 32.7 Å². The van der Waals surface area contributed by atoms with E-state index in [4.69, 9.17) is 11.1 Å². The van der Waals surface area contributed by atoms with E-state index < -0.39 is 0 Å². The van der Waals surface area contributed by atoms with E-state index in [1.807, 2.05) is 0 Å². The molecule has 0 fully saturated rings. The molecule has 0 bridgehead atoms. The Labute approximate surface area is 120 Å². The molecule has 1 aliphatic rings. The third kappa shape index (κ3) is 1.93. The summed E-state index contributed by atoms with van der Waals surface area (Å²) in [6.45, 7) is 4.20. The average Bonchev–Trinajstić information content (AvgIpc) is 3.00. The minimum absolute atomic E-state index is 0.0204. The van der Waals surface area contributed by atoms with Crippen LogP contribution in [0.15, 0.2) is 27.9 Å². The van der Waals surface area contributed by atoms with Gasteiger partial charge in [-0.1, -0.05) is 0 Å². The van der Waals surface area contributed by atoms with Gasteiger partial charge < -0.3 is 5.73 Å². The summed E-state index contributed by atoms with van der Waals surface area (Å²) in [6, 6.07) is 4.21. The van der Waals surface area contributed by atoms with Crippen LogP contribution in [0.3, 0.4) is 0 Å². The van der Waals surface area contributed by atoms with Gasteiger partial charge in [0.1, 0.15) is 11.7 Å². The van der Waals surface area contributed by atoms with Crippen molar-refractivity contribution in [2.45, 2.75) is 25.7 Å². The van der Waals surface area contributed by atoms with Gasteiger partial charge in [0.2, 0.25) is 0 Å². The summed E-state index contributed by atoms with van der Waals surface area (Å²) in [6.07, 6.45) is 0. The Hall–Kier alpha value is -1.46. The van der Waals surface area contributed by atoms with Crippen molar-refractivity contribution >= 4 is 34.3 Å². The highest BCUT2D eigenvalue weighted by Gasteiger charge is 2.38. The van der Waals surface area contributed by atoms with E-state index in [0.717, 1.165) is 0 Å². The number of amidine groups is 2. The molecular weight excluding hydrogens is 274 g/mol. The second kappa shape index (κ2) is 4.58. The third-order valence-electron chi connectivity index (χ3n) is 3.66. The van der Waals surface area contributed by atoms with Crippen LogP contribution in [0.25, 0.3) is 0 Å². The van der Waals surface area contributed by atoms with E-state index in [1.54, 1.807) is 22.7 Å². The second-order valence-corrected chi connectivity index (χ2v) is 6.98. The summed E-state index contributed by atoms with van der Waals surface area (Å²) in [5, 5.41) is 12.3. The molecule has 0 aliphatic carbocycles. The standard InChI is InChI=1S/C14H15N3S2/c1-7-9(3-5-18-7)11-12(14(16)17-13(11)15)10-4-6-19-8(10)2/h3-6,11-12H,1-2H3,(H3,15,16,17). The molecule has 0 saturated carbocycles. The van der Waals surface area contributed by atoms with E-state index in [1.165, 1.54) is 20.9 Å². The van der Waals surface area contributed by atoms with E-state index in [2.05, 4.69) is 41.7 Å². The SMILES string of the molecule is Cc1sccc1C1C(=N)N=C(N)C1c1ccsc1C. The summed E-state index contributed by atoms with van der Waals surface area (Å²) in [4.78, 5) is 6.74. The molecule has 2 atom stereocenters. The molecule has 2 aromatic rings. The number of thiophene rings is 2. The molecule has 3 rings (SSSR count). The minimum atomic E-state index is -0.0282. The van der Waals surface area contributed by atoms with Crippen molar-refractivity contribution in [3.63, 3.8) is 0 Å². The van der Waals surface area contributed by atoms with E-state index in [-0.39, 0.29) is 11.8 Å². The van der Waals surface area contributed by atoms with Gasteiger partial charge in [0.15, 0.2) is 0 Å². The summed E-state index contributed by atoms with van der Waals surface area (Å²) in [5.74, 6) is 0.947. The predicted molar refractivity (Wildman–Crippen MR) is 82.9 cm³/mol. The van der Waals surface area contributed by atoms with Gasteiger partial charge >= 0.3 is 0 Å². The Morgan fingerprint density at radius 2 is 1.58 bits per heavy atom. The second-order valence-electron chi connectivity index (χ2n) is 4.74. The van der Waals surface area contributed by atoms with Gasteiger partial charge in [0.25, 0.3) is 0 Å². The Morgan fingerprint density at radius 3 is 2.05 bits per heavy atom. The van der Waals surface area contributed by atoms with Crippen molar-refractivity contribution in [1.29, 1.82) is 5.41 Å². The average molecular weight is 289 g/mol. The number of nitrogens with zero attached hydrogens (tertiary/aromatic N) is 1. The Balaban J connectivity index is 2.11. The molecule has 3 nitrogen and oxygen atoms in total. The number of rotatable bonds is 2. The molecule has 0 radical (unpaired) electrons. The van der Waals surface area contributed by atoms with Crippen molar-refractivity contribution in [2.75, 3.05) is 0 Å². The largest absolute Gasteiger partial charge is 0.387 e. The topological polar surface area (TPSA) is 62.2 Å². The minimum Gasteiger partial charge on any atom is -0.387 e. The van der Waals surface area contributed by atoms with Crippen LogP contribution in [-0.2, 0) is 0 Å². The van der Waals surface area contributed by atoms with Gasteiger partial charge in [-0.25, -0.2) is 4.99 Å². The molecule has 98 valence electrons. The molecule has 2 unspecified atom stereocenters. The van der Waals surface area contributed by atoms with Crippen LogP contribution in [0.5, 0.6) is 0 Å². The van der Waals surface area contributed by atoms with Gasteiger partial charge in [-0.2, -0.15) is 0 Å². The number of aryl methyl sites for hydroxylation is 2. The third-order valence-corrected chi connectivity index (χ3v) is 5.39. The number of hydrogen-bond donors (Lipinski definition) is 2. The number of nitrogens with two attached hydrogens (primary N) is 1. The van der Waals surface area contributed by atoms with Crippen LogP contribution in [-0.4, -0.2) is 11.7 Å². The monoisotopic (exact) mass is 289 g/mol. The Morgan fingerprint density at radius 1 is 1.05 bits per heavy atom. The van der Waals surface area contributed by atoms with Gasteiger partial charge in [-0.05, 0) is 47.9 Å². The van der Waals surface area contributed by atoms with E-state index in [0.29, 0.717) is 11.7 Å².